The molecule has 0 fully saturated rings. The second-order valence-electron chi connectivity index (χ2n) is 6.13. The van der Waals surface area contributed by atoms with E-state index in [0.29, 0.717) is 5.69 Å². The van der Waals surface area contributed by atoms with Gasteiger partial charge in [0.05, 0.1) is 17.6 Å². The number of anilines is 1. The van der Waals surface area contributed by atoms with E-state index in [0.717, 1.165) is 12.0 Å². The fraction of sp³-hybridized carbons (Fsp3) is 0.176. The molecule has 26 heavy (non-hydrogen) atoms. The first-order valence-electron chi connectivity index (χ1n) is 7.68. The van der Waals surface area contributed by atoms with Gasteiger partial charge in [-0.25, -0.2) is 9.67 Å². The van der Waals surface area contributed by atoms with Gasteiger partial charge in [-0.05, 0) is 31.5 Å². The summed E-state index contributed by atoms with van der Waals surface area (Å²) in [4.78, 5) is 27.5. The Kier molecular flexibility index (Phi) is 4.56. The summed E-state index contributed by atoms with van der Waals surface area (Å²) >= 11 is 4.54. The molecule has 0 atom stereocenters. The number of aromatic nitrogens is 3. The molecule has 0 aliphatic carbocycles. The molecule has 0 aliphatic rings. The van der Waals surface area contributed by atoms with Gasteiger partial charge in [-0.3, -0.25) is 9.59 Å². The minimum Gasteiger partial charge on any atom is -0.451 e. The van der Waals surface area contributed by atoms with E-state index in [1.165, 1.54) is 17.1 Å². The molecule has 9 heteroatoms. The van der Waals surface area contributed by atoms with Gasteiger partial charge in [0.25, 0.3) is 11.8 Å². The van der Waals surface area contributed by atoms with Gasteiger partial charge in [0.15, 0.2) is 17.8 Å². The summed E-state index contributed by atoms with van der Waals surface area (Å²) in [6.07, 6.45) is 3.85. The summed E-state index contributed by atoms with van der Waals surface area (Å²) in [5, 5.41) is 6.73. The lowest BCUT2D eigenvalue weighted by Gasteiger charge is -2.18. The average Bonchev–Trinajstić information content (AvgIpc) is 3.24. The molecule has 0 radical (unpaired) electrons. The number of hydrogen-bond acceptors (Lipinski definition) is 6. The number of nitrogens with one attached hydrogen (secondary N) is 1. The molecule has 0 unspecified atom stereocenters. The van der Waals surface area contributed by atoms with Crippen LogP contribution in [0.25, 0.3) is 5.69 Å². The van der Waals surface area contributed by atoms with Gasteiger partial charge in [0, 0.05) is 4.75 Å². The summed E-state index contributed by atoms with van der Waals surface area (Å²) in [5.41, 5.74) is 7.32. The first kappa shape index (κ1) is 17.7. The Morgan fingerprint density at radius 1 is 1.27 bits per heavy atom. The highest BCUT2D eigenvalue weighted by atomic mass is 32.1. The molecule has 0 saturated carbocycles. The second-order valence-corrected chi connectivity index (χ2v) is 7.25. The number of hydrogen-bond donors (Lipinski definition) is 3. The van der Waals surface area contributed by atoms with Crippen molar-refractivity contribution in [2.75, 3.05) is 5.32 Å². The number of nitrogens with two attached hydrogens (primary N) is 1. The van der Waals surface area contributed by atoms with Crippen molar-refractivity contribution in [2.45, 2.75) is 18.6 Å². The van der Waals surface area contributed by atoms with Crippen LogP contribution in [-0.2, 0) is 4.75 Å². The van der Waals surface area contributed by atoms with Crippen LogP contribution in [0.2, 0.25) is 0 Å². The number of carbonyl (C=O) groups excluding carboxylic acids is 2. The molecular formula is C17H17N5O3S. The molecule has 134 valence electrons. The minimum absolute atomic E-state index is 0.0551. The van der Waals surface area contributed by atoms with Gasteiger partial charge >= 0.3 is 0 Å². The standard InChI is InChI=1S/C17H17N5O3S/c1-17(2,26)10-3-5-11(6-4-10)22-7-12(14(21-22)15(18)23)20-16(24)13-8-25-9-19-13/h3-9,26H,1-2H3,(H2,18,23)(H,20,24). The highest BCUT2D eigenvalue weighted by Crippen LogP contribution is 2.28. The zero-order valence-corrected chi connectivity index (χ0v) is 15.0. The molecule has 2 amide bonds. The van der Waals surface area contributed by atoms with Crippen LogP contribution in [0.3, 0.4) is 0 Å². The summed E-state index contributed by atoms with van der Waals surface area (Å²) in [6.45, 7) is 3.98. The van der Waals surface area contributed by atoms with Crippen molar-refractivity contribution in [1.82, 2.24) is 14.8 Å². The maximum Gasteiger partial charge on any atom is 0.277 e. The van der Waals surface area contributed by atoms with Crippen molar-refractivity contribution < 1.29 is 14.0 Å². The maximum atomic E-state index is 12.1. The predicted molar refractivity (Wildman–Crippen MR) is 98.6 cm³/mol. The number of rotatable bonds is 5. The molecular weight excluding hydrogens is 354 g/mol. The summed E-state index contributed by atoms with van der Waals surface area (Å²) in [6, 6.07) is 7.52. The second kappa shape index (κ2) is 6.68. The fourth-order valence-electron chi connectivity index (χ4n) is 2.31. The lowest BCUT2D eigenvalue weighted by atomic mass is 10.0. The van der Waals surface area contributed by atoms with Crippen molar-refractivity contribution in [1.29, 1.82) is 0 Å². The van der Waals surface area contributed by atoms with E-state index >= 15 is 0 Å². The molecule has 1 aromatic carbocycles. The highest BCUT2D eigenvalue weighted by molar-refractivity contribution is 7.81. The van der Waals surface area contributed by atoms with E-state index in [-0.39, 0.29) is 21.8 Å². The number of nitrogens with zero attached hydrogens (tertiary/aromatic N) is 3. The highest BCUT2D eigenvalue weighted by Gasteiger charge is 2.19. The van der Waals surface area contributed by atoms with Crippen LogP contribution >= 0.6 is 12.6 Å². The fourth-order valence-corrected chi connectivity index (χ4v) is 2.46. The predicted octanol–water partition coefficient (Wildman–Crippen LogP) is 2.38. The van der Waals surface area contributed by atoms with E-state index in [1.54, 1.807) is 0 Å². The van der Waals surface area contributed by atoms with Crippen LogP contribution in [-0.4, -0.2) is 26.6 Å². The Hall–Kier alpha value is -3.07. The summed E-state index contributed by atoms with van der Waals surface area (Å²) < 4.78 is 5.96. The Bertz CT molecular complexity index is 940. The third kappa shape index (κ3) is 3.62. The van der Waals surface area contributed by atoms with E-state index in [4.69, 9.17) is 10.2 Å². The number of carbonyl (C=O) groups is 2. The normalized spacial score (nSPS) is 11.3. The molecule has 2 heterocycles. The van der Waals surface area contributed by atoms with Crippen LogP contribution in [0, 0.1) is 0 Å². The summed E-state index contributed by atoms with van der Waals surface area (Å²) in [5.74, 6) is -1.29. The van der Waals surface area contributed by atoms with Crippen LogP contribution in [0.15, 0.2) is 47.5 Å². The lowest BCUT2D eigenvalue weighted by Crippen LogP contribution is -2.18. The quantitative estimate of drug-likeness (QED) is 0.596. The lowest BCUT2D eigenvalue weighted by molar-refractivity contribution is 0.0996. The van der Waals surface area contributed by atoms with E-state index in [2.05, 4.69) is 28.0 Å². The molecule has 3 aromatic rings. The topological polar surface area (TPSA) is 116 Å². The van der Waals surface area contributed by atoms with E-state index in [1.807, 2.05) is 38.1 Å². The molecule has 3 rings (SSSR count). The largest absolute Gasteiger partial charge is 0.451 e. The van der Waals surface area contributed by atoms with E-state index < -0.39 is 11.8 Å². The van der Waals surface area contributed by atoms with Crippen molar-refractivity contribution in [2.24, 2.45) is 5.73 Å². The summed E-state index contributed by atoms with van der Waals surface area (Å²) in [7, 11) is 0. The van der Waals surface area contributed by atoms with Crippen LogP contribution in [0.1, 0.15) is 40.4 Å². The Morgan fingerprint density at radius 3 is 2.50 bits per heavy atom. The third-order valence-corrected chi connectivity index (χ3v) is 3.96. The smallest absolute Gasteiger partial charge is 0.277 e. The van der Waals surface area contributed by atoms with Crippen LogP contribution < -0.4 is 11.1 Å². The maximum absolute atomic E-state index is 12.1. The van der Waals surface area contributed by atoms with Gasteiger partial charge in [0.1, 0.15) is 6.26 Å². The molecule has 8 nitrogen and oxygen atoms in total. The molecule has 2 aromatic heterocycles. The van der Waals surface area contributed by atoms with E-state index in [9.17, 15) is 9.59 Å². The first-order valence-corrected chi connectivity index (χ1v) is 8.13. The average molecular weight is 371 g/mol. The first-order chi connectivity index (χ1) is 12.3. The third-order valence-electron chi connectivity index (χ3n) is 3.70. The number of benzene rings is 1. The zero-order valence-electron chi connectivity index (χ0n) is 14.1. The number of primary amides is 1. The van der Waals surface area contributed by atoms with Crippen molar-refractivity contribution >= 4 is 30.1 Å². The van der Waals surface area contributed by atoms with Gasteiger partial charge in [-0.2, -0.15) is 17.7 Å². The van der Waals surface area contributed by atoms with Gasteiger partial charge in [0.2, 0.25) is 0 Å². The molecule has 0 spiro atoms. The minimum atomic E-state index is -0.757. The zero-order chi connectivity index (χ0) is 18.9. The molecule has 0 aliphatic heterocycles. The molecule has 0 saturated heterocycles. The van der Waals surface area contributed by atoms with Gasteiger partial charge in [-0.1, -0.05) is 12.1 Å². The van der Waals surface area contributed by atoms with Gasteiger partial charge < -0.3 is 15.5 Å². The Morgan fingerprint density at radius 2 is 1.96 bits per heavy atom. The van der Waals surface area contributed by atoms with Crippen molar-refractivity contribution in [3.05, 3.63) is 60.1 Å². The van der Waals surface area contributed by atoms with Gasteiger partial charge in [-0.15, -0.1) is 0 Å². The van der Waals surface area contributed by atoms with Crippen LogP contribution in [0.5, 0.6) is 0 Å². The van der Waals surface area contributed by atoms with Crippen molar-refractivity contribution in [3.8, 4) is 5.69 Å². The number of thiol groups is 1. The Labute approximate surface area is 154 Å². The van der Waals surface area contributed by atoms with Crippen molar-refractivity contribution in [3.63, 3.8) is 0 Å². The Balaban J connectivity index is 1.92. The number of oxazole rings is 1. The molecule has 3 N–H and O–H groups in total. The molecule has 0 bridgehead atoms. The van der Waals surface area contributed by atoms with Crippen LogP contribution in [0.4, 0.5) is 5.69 Å². The SMILES string of the molecule is CC(C)(S)c1ccc(-n2cc(NC(=O)c3cocn3)c(C(N)=O)n2)cc1. The number of amides is 2. The monoisotopic (exact) mass is 371 g/mol.